The number of anilines is 2. The molecule has 2 aromatic carbocycles. The number of sulfonamides is 1. The number of pyridine rings is 1. The van der Waals surface area contributed by atoms with Crippen LogP contribution in [0.5, 0.6) is 5.75 Å². The van der Waals surface area contributed by atoms with Crippen molar-refractivity contribution in [2.45, 2.75) is 32.6 Å². The fourth-order valence-electron chi connectivity index (χ4n) is 3.90. The molecule has 3 aromatic rings. The molecule has 0 atom stereocenters. The van der Waals surface area contributed by atoms with Crippen LogP contribution < -0.4 is 9.62 Å². The van der Waals surface area contributed by atoms with Crippen molar-refractivity contribution in [3.05, 3.63) is 71.5 Å². The third-order valence-electron chi connectivity index (χ3n) is 5.69. The van der Waals surface area contributed by atoms with E-state index in [1.807, 2.05) is 6.07 Å². The number of nitrogens with zero attached hydrogens (tertiary/aromatic N) is 2. The number of phenolic OH excluding ortho intramolecular Hbond substituents is 1. The second-order valence-electron chi connectivity index (χ2n) is 9.34. The molecule has 0 unspecified atom stereocenters. The van der Waals surface area contributed by atoms with E-state index < -0.39 is 10.0 Å². The molecule has 1 aliphatic rings. The molecule has 1 aromatic heterocycles. The molecular formula is C25H27N3O4S. The van der Waals surface area contributed by atoms with Crippen LogP contribution in [0.3, 0.4) is 0 Å². The first-order chi connectivity index (χ1) is 15.4. The van der Waals surface area contributed by atoms with Crippen LogP contribution in [0.4, 0.5) is 11.4 Å². The van der Waals surface area contributed by atoms with Gasteiger partial charge in [-0.2, -0.15) is 0 Å². The summed E-state index contributed by atoms with van der Waals surface area (Å²) in [6.07, 6.45) is 3.32. The molecule has 8 heteroatoms. The van der Waals surface area contributed by atoms with Crippen LogP contribution in [-0.2, 0) is 21.9 Å². The third kappa shape index (κ3) is 4.85. The first-order valence-electron chi connectivity index (χ1n) is 10.6. The molecule has 1 amide bonds. The summed E-state index contributed by atoms with van der Waals surface area (Å²) in [5.74, 6) is -0.476. The van der Waals surface area contributed by atoms with Gasteiger partial charge in [0.25, 0.3) is 5.91 Å². The van der Waals surface area contributed by atoms with E-state index in [1.54, 1.807) is 17.2 Å². The zero-order chi connectivity index (χ0) is 24.0. The Labute approximate surface area is 194 Å². The molecule has 2 N–H and O–H groups in total. The van der Waals surface area contributed by atoms with Crippen LogP contribution in [0.2, 0.25) is 0 Å². The number of fused-ring (bicyclic) bond motifs is 1. The first-order valence-corrected chi connectivity index (χ1v) is 12.5. The highest BCUT2D eigenvalue weighted by atomic mass is 32.2. The van der Waals surface area contributed by atoms with Gasteiger partial charge in [-0.3, -0.25) is 14.5 Å². The van der Waals surface area contributed by atoms with Gasteiger partial charge < -0.3 is 10.0 Å². The Kier molecular flexibility index (Phi) is 5.66. The van der Waals surface area contributed by atoms with Crippen LogP contribution in [0.1, 0.15) is 42.4 Å². The van der Waals surface area contributed by atoms with E-state index in [4.69, 9.17) is 0 Å². The molecule has 33 heavy (non-hydrogen) atoms. The van der Waals surface area contributed by atoms with Gasteiger partial charge in [-0.15, -0.1) is 0 Å². The predicted octanol–water partition coefficient (Wildman–Crippen LogP) is 4.33. The number of hydrogen-bond donors (Lipinski definition) is 2. The van der Waals surface area contributed by atoms with E-state index in [1.165, 1.54) is 17.7 Å². The summed E-state index contributed by atoms with van der Waals surface area (Å²) in [6.45, 7) is 6.94. The van der Waals surface area contributed by atoms with Crippen molar-refractivity contribution in [2.24, 2.45) is 0 Å². The maximum absolute atomic E-state index is 13.2. The Balaban J connectivity index is 1.61. The number of nitrogens with one attached hydrogen (secondary N) is 1. The molecule has 0 spiro atoms. The minimum absolute atomic E-state index is 0.0237. The molecule has 4 rings (SSSR count). The van der Waals surface area contributed by atoms with E-state index in [9.17, 15) is 18.3 Å². The molecule has 2 heterocycles. The quantitative estimate of drug-likeness (QED) is 0.559. The predicted molar refractivity (Wildman–Crippen MR) is 130 cm³/mol. The molecule has 172 valence electrons. The van der Waals surface area contributed by atoms with Crippen LogP contribution in [-0.4, -0.2) is 37.2 Å². The summed E-state index contributed by atoms with van der Waals surface area (Å²) in [5.41, 5.74) is 5.09. The van der Waals surface area contributed by atoms with Gasteiger partial charge in [0, 0.05) is 24.0 Å². The summed E-state index contributed by atoms with van der Waals surface area (Å²) in [7, 11) is -3.58. The van der Waals surface area contributed by atoms with Crippen molar-refractivity contribution in [2.75, 3.05) is 22.4 Å². The highest BCUT2D eigenvalue weighted by Crippen LogP contribution is 2.33. The Morgan fingerprint density at radius 1 is 1.03 bits per heavy atom. The van der Waals surface area contributed by atoms with E-state index in [-0.39, 0.29) is 22.8 Å². The lowest BCUT2D eigenvalue weighted by Gasteiger charge is -2.28. The monoisotopic (exact) mass is 465 g/mol. The number of carbonyl (C=O) groups is 1. The Morgan fingerprint density at radius 2 is 1.73 bits per heavy atom. The van der Waals surface area contributed by atoms with Crippen LogP contribution in [0.25, 0.3) is 11.1 Å². The number of hydrogen-bond acceptors (Lipinski definition) is 5. The number of amides is 1. The largest absolute Gasteiger partial charge is 0.506 e. The number of rotatable bonds is 4. The Bertz CT molecular complexity index is 1330. The zero-order valence-electron chi connectivity index (χ0n) is 19.1. The minimum atomic E-state index is -3.58. The average molecular weight is 466 g/mol. The average Bonchev–Trinajstić information content (AvgIpc) is 2.74. The summed E-state index contributed by atoms with van der Waals surface area (Å²) in [5, 5.41) is 9.98. The third-order valence-corrected chi connectivity index (χ3v) is 6.28. The topological polar surface area (TPSA) is 99.6 Å². The van der Waals surface area contributed by atoms with Crippen LogP contribution in [0.15, 0.2) is 54.7 Å². The van der Waals surface area contributed by atoms with Gasteiger partial charge in [-0.05, 0) is 52.8 Å². The minimum Gasteiger partial charge on any atom is -0.506 e. The second kappa shape index (κ2) is 8.19. The van der Waals surface area contributed by atoms with Gasteiger partial charge >= 0.3 is 0 Å². The molecule has 0 bridgehead atoms. The summed E-state index contributed by atoms with van der Waals surface area (Å²) in [4.78, 5) is 19.2. The number of aromatic hydroxyl groups is 1. The zero-order valence-corrected chi connectivity index (χ0v) is 19.9. The molecular weight excluding hydrogens is 438 g/mol. The van der Waals surface area contributed by atoms with Crippen molar-refractivity contribution in [1.29, 1.82) is 0 Å². The molecule has 0 fully saturated rings. The fourth-order valence-corrected chi connectivity index (χ4v) is 4.46. The van der Waals surface area contributed by atoms with Gasteiger partial charge in [0.1, 0.15) is 11.4 Å². The van der Waals surface area contributed by atoms with Crippen LogP contribution in [0, 0.1) is 0 Å². The van der Waals surface area contributed by atoms with Gasteiger partial charge in [-0.1, -0.05) is 45.0 Å². The first kappa shape index (κ1) is 22.8. The lowest BCUT2D eigenvalue weighted by atomic mass is 9.86. The molecule has 0 aliphatic carbocycles. The molecule has 0 radical (unpaired) electrons. The van der Waals surface area contributed by atoms with Crippen molar-refractivity contribution >= 4 is 27.3 Å². The van der Waals surface area contributed by atoms with Gasteiger partial charge in [0.15, 0.2) is 0 Å². The van der Waals surface area contributed by atoms with E-state index in [0.717, 1.165) is 22.9 Å². The van der Waals surface area contributed by atoms with Crippen molar-refractivity contribution in [3.8, 4) is 16.9 Å². The molecule has 1 aliphatic heterocycles. The Morgan fingerprint density at radius 3 is 2.36 bits per heavy atom. The van der Waals surface area contributed by atoms with Crippen LogP contribution >= 0.6 is 0 Å². The summed E-state index contributed by atoms with van der Waals surface area (Å²) >= 11 is 0. The molecule has 7 nitrogen and oxygen atoms in total. The summed E-state index contributed by atoms with van der Waals surface area (Å²) in [6, 6.07) is 14.8. The SMILES string of the molecule is CC(C)(C)c1ccc(-c2cnc3c(c2)CCN(c2ccc(O)c(NS(C)(=O)=O)c2)C3=O)cc1. The number of aromatic nitrogens is 1. The van der Waals surface area contributed by atoms with Gasteiger partial charge in [0.2, 0.25) is 10.0 Å². The van der Waals surface area contributed by atoms with Crippen molar-refractivity contribution in [3.63, 3.8) is 0 Å². The second-order valence-corrected chi connectivity index (χ2v) is 11.1. The number of phenols is 1. The highest BCUT2D eigenvalue weighted by Gasteiger charge is 2.28. The smallest absolute Gasteiger partial charge is 0.277 e. The van der Waals surface area contributed by atoms with Gasteiger partial charge in [-0.25, -0.2) is 8.42 Å². The maximum atomic E-state index is 13.2. The fraction of sp³-hybridized carbons (Fsp3) is 0.280. The van der Waals surface area contributed by atoms with Gasteiger partial charge in [0.05, 0.1) is 11.9 Å². The number of benzene rings is 2. The lowest BCUT2D eigenvalue weighted by molar-refractivity contribution is 0.0975. The Hall–Kier alpha value is -3.39. The lowest BCUT2D eigenvalue weighted by Crippen LogP contribution is -2.38. The standard InChI is InChI=1S/C25H27N3O4S/c1-25(2,3)19-7-5-16(6-8-19)18-13-17-11-12-28(24(30)23(17)26-15-18)20-9-10-22(29)21(14-20)27-33(4,31)32/h5-10,13-15,27,29H,11-12H2,1-4H3. The molecule has 0 saturated heterocycles. The normalized spacial score (nSPS) is 14.2. The van der Waals surface area contributed by atoms with E-state index in [0.29, 0.717) is 24.3 Å². The maximum Gasteiger partial charge on any atom is 0.277 e. The van der Waals surface area contributed by atoms with E-state index >= 15 is 0 Å². The number of carbonyl (C=O) groups excluding carboxylic acids is 1. The summed E-state index contributed by atoms with van der Waals surface area (Å²) < 4.78 is 25.4. The highest BCUT2D eigenvalue weighted by molar-refractivity contribution is 7.92. The van der Waals surface area contributed by atoms with E-state index in [2.05, 4.69) is 54.7 Å². The van der Waals surface area contributed by atoms with Crippen molar-refractivity contribution < 1.29 is 18.3 Å². The molecule has 0 saturated carbocycles. The van der Waals surface area contributed by atoms with Crippen molar-refractivity contribution in [1.82, 2.24) is 4.98 Å².